The minimum Gasteiger partial charge on any atom is -0.481 e. The lowest BCUT2D eigenvalue weighted by molar-refractivity contribution is -0.138. The number of fused-ring (bicyclic) bond motifs is 1. The minimum absolute atomic E-state index is 0.0625. The predicted octanol–water partition coefficient (Wildman–Crippen LogP) is 3.47. The van der Waals surface area contributed by atoms with Gasteiger partial charge in [0.05, 0.1) is 18.3 Å². The number of amides is 1. The van der Waals surface area contributed by atoms with E-state index < -0.39 is 5.97 Å². The molecule has 2 aromatic rings. The summed E-state index contributed by atoms with van der Waals surface area (Å²) in [5.74, 6) is -0.517. The number of thiophene rings is 1. The predicted molar refractivity (Wildman–Crippen MR) is 82.6 cm³/mol. The van der Waals surface area contributed by atoms with Crippen LogP contribution in [0.25, 0.3) is 0 Å². The first-order chi connectivity index (χ1) is 10.2. The summed E-state index contributed by atoms with van der Waals surface area (Å²) in [4.78, 5) is 26.3. The molecule has 21 heavy (non-hydrogen) atoms. The third kappa shape index (κ3) is 2.82. The molecule has 1 atom stereocenters. The van der Waals surface area contributed by atoms with Crippen molar-refractivity contribution in [3.05, 3.63) is 52.2 Å². The summed E-state index contributed by atoms with van der Waals surface area (Å²) in [5, 5.41) is 13.1. The maximum absolute atomic E-state index is 12.5. The van der Waals surface area contributed by atoms with Crippen LogP contribution in [0.2, 0.25) is 0 Å². The standard InChI is InChI=1S/C15H13NO3S2/c17-14(18)7-13-11-3-1-2-4-12(11)15(19)16(13)9-21-10-5-6-20-8-10/h1-6,8,13H,7,9H2,(H,17,18). The van der Waals surface area contributed by atoms with Gasteiger partial charge in [0.25, 0.3) is 5.91 Å². The van der Waals surface area contributed by atoms with Gasteiger partial charge in [0.1, 0.15) is 0 Å². The number of hydrogen-bond donors (Lipinski definition) is 1. The molecule has 1 aliphatic heterocycles. The van der Waals surface area contributed by atoms with Crippen LogP contribution in [0.15, 0.2) is 46.0 Å². The van der Waals surface area contributed by atoms with Crippen molar-refractivity contribution in [2.75, 3.05) is 5.88 Å². The molecule has 0 saturated carbocycles. The van der Waals surface area contributed by atoms with Crippen LogP contribution in [0.5, 0.6) is 0 Å². The number of hydrogen-bond acceptors (Lipinski definition) is 4. The van der Waals surface area contributed by atoms with Gasteiger partial charge in [0, 0.05) is 15.8 Å². The Labute approximate surface area is 130 Å². The lowest BCUT2D eigenvalue weighted by Gasteiger charge is -2.23. The van der Waals surface area contributed by atoms with E-state index >= 15 is 0 Å². The molecule has 6 heteroatoms. The molecule has 4 nitrogen and oxygen atoms in total. The first-order valence-corrected chi connectivity index (χ1v) is 8.36. The topological polar surface area (TPSA) is 57.6 Å². The molecule has 1 aromatic carbocycles. The highest BCUT2D eigenvalue weighted by Crippen LogP contribution is 2.38. The van der Waals surface area contributed by atoms with E-state index in [0.29, 0.717) is 11.4 Å². The fraction of sp³-hybridized carbons (Fsp3) is 0.200. The van der Waals surface area contributed by atoms with Gasteiger partial charge >= 0.3 is 5.97 Å². The Balaban J connectivity index is 1.84. The fourth-order valence-electron chi connectivity index (χ4n) is 2.46. The maximum atomic E-state index is 12.5. The van der Waals surface area contributed by atoms with Crippen LogP contribution in [-0.4, -0.2) is 27.8 Å². The SMILES string of the molecule is O=C(O)CC1c2ccccc2C(=O)N1CSc1ccsc1. The van der Waals surface area contributed by atoms with Gasteiger partial charge in [0.15, 0.2) is 0 Å². The molecule has 3 rings (SSSR count). The summed E-state index contributed by atoms with van der Waals surface area (Å²) in [5.41, 5.74) is 1.44. The normalized spacial score (nSPS) is 17.0. The largest absolute Gasteiger partial charge is 0.481 e. The first kappa shape index (κ1) is 14.2. The Morgan fingerprint density at radius 2 is 2.14 bits per heavy atom. The highest BCUT2D eigenvalue weighted by Gasteiger charge is 2.37. The molecule has 2 heterocycles. The molecule has 1 aromatic heterocycles. The second kappa shape index (κ2) is 5.91. The van der Waals surface area contributed by atoms with Gasteiger partial charge in [-0.05, 0) is 23.1 Å². The van der Waals surface area contributed by atoms with E-state index in [0.717, 1.165) is 10.5 Å². The van der Waals surface area contributed by atoms with Crippen LogP contribution in [0.3, 0.4) is 0 Å². The van der Waals surface area contributed by atoms with Gasteiger partial charge in [-0.1, -0.05) is 18.2 Å². The van der Waals surface area contributed by atoms with Crippen molar-refractivity contribution in [2.24, 2.45) is 0 Å². The van der Waals surface area contributed by atoms with Crippen molar-refractivity contribution < 1.29 is 14.7 Å². The Kier molecular flexibility index (Phi) is 3.98. The van der Waals surface area contributed by atoms with Gasteiger partial charge in [-0.15, -0.1) is 11.8 Å². The molecule has 0 spiro atoms. The average Bonchev–Trinajstić information content (AvgIpc) is 3.06. The van der Waals surface area contributed by atoms with Crippen LogP contribution in [0, 0.1) is 0 Å². The van der Waals surface area contributed by atoms with E-state index in [4.69, 9.17) is 5.11 Å². The summed E-state index contributed by atoms with van der Waals surface area (Å²) >= 11 is 3.16. The zero-order chi connectivity index (χ0) is 14.8. The maximum Gasteiger partial charge on any atom is 0.305 e. The second-order valence-corrected chi connectivity index (χ2v) is 6.51. The summed E-state index contributed by atoms with van der Waals surface area (Å²) in [6, 6.07) is 8.88. The molecule has 1 amide bonds. The van der Waals surface area contributed by atoms with Gasteiger partial charge in [-0.25, -0.2) is 0 Å². The lowest BCUT2D eigenvalue weighted by atomic mass is 10.0. The van der Waals surface area contributed by atoms with Gasteiger partial charge < -0.3 is 10.0 Å². The van der Waals surface area contributed by atoms with Crippen LogP contribution >= 0.6 is 23.1 Å². The van der Waals surface area contributed by atoms with Gasteiger partial charge in [-0.3, -0.25) is 9.59 Å². The third-order valence-corrected chi connectivity index (χ3v) is 5.25. The van der Waals surface area contributed by atoms with E-state index in [-0.39, 0.29) is 18.4 Å². The third-order valence-electron chi connectivity index (χ3n) is 3.42. The van der Waals surface area contributed by atoms with Crippen molar-refractivity contribution in [3.8, 4) is 0 Å². The highest BCUT2D eigenvalue weighted by atomic mass is 32.2. The van der Waals surface area contributed by atoms with Crippen LogP contribution in [0.1, 0.15) is 28.4 Å². The molecule has 1 unspecified atom stereocenters. The summed E-state index contributed by atoms with van der Waals surface area (Å²) in [6.45, 7) is 0. The number of aliphatic carboxylic acids is 1. The Hall–Kier alpha value is -1.79. The fourth-order valence-corrected chi connectivity index (χ4v) is 4.25. The zero-order valence-corrected chi connectivity index (χ0v) is 12.7. The van der Waals surface area contributed by atoms with Crippen molar-refractivity contribution in [2.45, 2.75) is 17.4 Å². The molecule has 0 radical (unpaired) electrons. The number of rotatable bonds is 5. The van der Waals surface area contributed by atoms with Crippen LogP contribution in [0.4, 0.5) is 0 Å². The Morgan fingerprint density at radius 1 is 1.33 bits per heavy atom. The Bertz CT molecular complexity index is 669. The number of nitrogens with zero attached hydrogens (tertiary/aromatic N) is 1. The number of carbonyl (C=O) groups is 2. The van der Waals surface area contributed by atoms with Gasteiger partial charge in [0.2, 0.25) is 0 Å². The van der Waals surface area contributed by atoms with Crippen molar-refractivity contribution in [1.82, 2.24) is 4.90 Å². The molecular weight excluding hydrogens is 306 g/mol. The van der Waals surface area contributed by atoms with E-state index in [1.807, 2.05) is 35.0 Å². The van der Waals surface area contributed by atoms with Crippen LogP contribution < -0.4 is 0 Å². The summed E-state index contributed by atoms with van der Waals surface area (Å²) < 4.78 is 0. The monoisotopic (exact) mass is 319 g/mol. The zero-order valence-electron chi connectivity index (χ0n) is 11.1. The number of carbonyl (C=O) groups excluding carboxylic acids is 1. The van der Waals surface area contributed by atoms with Crippen molar-refractivity contribution >= 4 is 35.0 Å². The molecule has 0 fully saturated rings. The molecular formula is C15H13NO3S2. The van der Waals surface area contributed by atoms with Crippen molar-refractivity contribution in [3.63, 3.8) is 0 Å². The number of carboxylic acid groups (broad SMARTS) is 1. The minimum atomic E-state index is -0.893. The number of thioether (sulfide) groups is 1. The number of carboxylic acids is 1. The van der Waals surface area contributed by atoms with Gasteiger partial charge in [-0.2, -0.15) is 11.3 Å². The van der Waals surface area contributed by atoms with E-state index in [1.54, 1.807) is 34.1 Å². The molecule has 1 aliphatic rings. The summed E-state index contributed by atoms with van der Waals surface area (Å²) in [6.07, 6.45) is -0.0625. The van der Waals surface area contributed by atoms with E-state index in [9.17, 15) is 9.59 Å². The smallest absolute Gasteiger partial charge is 0.305 e. The molecule has 108 valence electrons. The van der Waals surface area contributed by atoms with Crippen molar-refractivity contribution in [1.29, 1.82) is 0 Å². The Morgan fingerprint density at radius 3 is 2.86 bits per heavy atom. The van der Waals surface area contributed by atoms with E-state index in [1.165, 1.54) is 0 Å². The molecule has 0 aliphatic carbocycles. The quantitative estimate of drug-likeness (QED) is 0.857. The molecule has 0 bridgehead atoms. The lowest BCUT2D eigenvalue weighted by Crippen LogP contribution is -2.29. The number of benzene rings is 1. The molecule has 0 saturated heterocycles. The molecule has 1 N–H and O–H groups in total. The summed E-state index contributed by atoms with van der Waals surface area (Å²) in [7, 11) is 0. The average molecular weight is 319 g/mol. The highest BCUT2D eigenvalue weighted by molar-refractivity contribution is 7.99. The first-order valence-electron chi connectivity index (χ1n) is 6.43. The van der Waals surface area contributed by atoms with Crippen LogP contribution in [-0.2, 0) is 4.79 Å². The van der Waals surface area contributed by atoms with E-state index in [2.05, 4.69) is 0 Å². The second-order valence-electron chi connectivity index (χ2n) is 4.71.